The lowest BCUT2D eigenvalue weighted by Gasteiger charge is -2.31. The predicted molar refractivity (Wildman–Crippen MR) is 152 cm³/mol. The largest absolute Gasteiger partial charge is 0.475 e. The number of amides is 1. The molecule has 236 valence electrons. The molecule has 3 rings (SSSR count). The Balaban J connectivity index is 2.04. The summed E-state index contributed by atoms with van der Waals surface area (Å²) in [7, 11) is -4.15. The molecule has 1 amide bonds. The third-order valence-corrected chi connectivity index (χ3v) is 8.21. The highest BCUT2D eigenvalue weighted by Gasteiger charge is 2.38. The first-order chi connectivity index (χ1) is 19.7. The van der Waals surface area contributed by atoms with Crippen LogP contribution < -0.4 is 10.5 Å². The van der Waals surface area contributed by atoms with E-state index in [0.717, 1.165) is 35.6 Å². The first-order valence-electron chi connectivity index (χ1n) is 13.0. The van der Waals surface area contributed by atoms with E-state index in [1.165, 1.54) is 5.38 Å². The van der Waals surface area contributed by atoms with Gasteiger partial charge in [-0.2, -0.15) is 13.2 Å². The number of carbonyl (C=O) groups excluding carboxylic acids is 1. The Morgan fingerprint density at radius 2 is 1.63 bits per heavy atom. The smallest absolute Gasteiger partial charge is 0.410 e. The number of halogens is 5. The molecule has 0 saturated carbocycles. The van der Waals surface area contributed by atoms with E-state index in [4.69, 9.17) is 24.0 Å². The van der Waals surface area contributed by atoms with Crippen molar-refractivity contribution < 1.29 is 49.6 Å². The van der Waals surface area contributed by atoms with Crippen molar-refractivity contribution in [1.82, 2.24) is 4.98 Å². The van der Waals surface area contributed by atoms with E-state index in [-0.39, 0.29) is 52.6 Å². The molecule has 2 aromatic carbocycles. The van der Waals surface area contributed by atoms with Crippen molar-refractivity contribution >= 4 is 25.3 Å². The van der Waals surface area contributed by atoms with Crippen LogP contribution in [0.25, 0.3) is 21.8 Å². The number of hydrogen-bond acceptors (Lipinski definition) is 8. The number of carbonyl (C=O) groups is 1. The molecule has 0 fully saturated rings. The van der Waals surface area contributed by atoms with Crippen LogP contribution in [-0.2, 0) is 30.7 Å². The molecule has 1 heterocycles. The van der Waals surface area contributed by atoms with Gasteiger partial charge in [-0.3, -0.25) is 13.6 Å². The molecule has 0 bridgehead atoms. The Morgan fingerprint density at radius 1 is 1.00 bits per heavy atom. The van der Waals surface area contributed by atoms with Crippen molar-refractivity contribution in [3.8, 4) is 27.6 Å². The minimum Gasteiger partial charge on any atom is -0.410 e. The number of thiazole rings is 1. The summed E-state index contributed by atoms with van der Waals surface area (Å²) in [6.07, 6.45) is -6.53. The van der Waals surface area contributed by atoms with Gasteiger partial charge >= 0.3 is 20.1 Å². The van der Waals surface area contributed by atoms with Gasteiger partial charge in [-0.25, -0.2) is 23.1 Å². The van der Waals surface area contributed by atoms with Gasteiger partial charge in [-0.05, 0) is 84.2 Å². The number of rotatable bonds is 10. The number of nitrogens with two attached hydrogens (primary N) is 1. The molecule has 0 atom stereocenters. The van der Waals surface area contributed by atoms with Gasteiger partial charge in [-0.15, -0.1) is 11.3 Å². The standard InChI is InChI=1S/C28H32F5N2O6PS/c1-26(2,3)40-42(37,41-27(4,5)6)38-13-7-8-17-19(28(31,32)33)11-12-22(39-25(34)36)23(17)24-35-21(15-43-24)18-10-9-16(29)14-20(18)30/h9-12,14-15H,7-8,13H2,1-6H3,(H2,34,36). The van der Waals surface area contributed by atoms with Gasteiger partial charge in [0.1, 0.15) is 22.4 Å². The molecule has 0 aliphatic rings. The highest BCUT2D eigenvalue weighted by atomic mass is 32.1. The van der Waals surface area contributed by atoms with Crippen LogP contribution >= 0.6 is 19.2 Å². The quantitative estimate of drug-likeness (QED) is 0.133. The van der Waals surface area contributed by atoms with Crippen molar-refractivity contribution in [3.63, 3.8) is 0 Å². The maximum Gasteiger partial charge on any atom is 0.475 e. The molecule has 0 unspecified atom stereocenters. The second-order valence-electron chi connectivity index (χ2n) is 11.3. The molecule has 0 aliphatic carbocycles. The van der Waals surface area contributed by atoms with Crippen molar-refractivity contribution in [2.75, 3.05) is 6.61 Å². The van der Waals surface area contributed by atoms with Crippen LogP contribution in [0.4, 0.5) is 26.7 Å². The van der Waals surface area contributed by atoms with Crippen molar-refractivity contribution in [1.29, 1.82) is 0 Å². The highest BCUT2D eigenvalue weighted by molar-refractivity contribution is 7.48. The van der Waals surface area contributed by atoms with E-state index < -0.39 is 48.5 Å². The summed E-state index contributed by atoms with van der Waals surface area (Å²) in [4.78, 5) is 15.9. The highest BCUT2D eigenvalue weighted by Crippen LogP contribution is 2.55. The average molecular weight is 651 g/mol. The van der Waals surface area contributed by atoms with Crippen LogP contribution in [0.3, 0.4) is 0 Å². The zero-order chi connectivity index (χ0) is 32.4. The van der Waals surface area contributed by atoms with Crippen LogP contribution in [0.2, 0.25) is 0 Å². The van der Waals surface area contributed by atoms with Gasteiger partial charge in [0.25, 0.3) is 0 Å². The zero-order valence-electron chi connectivity index (χ0n) is 24.3. The van der Waals surface area contributed by atoms with E-state index in [0.29, 0.717) is 6.07 Å². The van der Waals surface area contributed by atoms with Crippen molar-refractivity contribution in [2.45, 2.75) is 71.8 Å². The van der Waals surface area contributed by atoms with Crippen molar-refractivity contribution in [2.24, 2.45) is 5.73 Å². The first-order valence-corrected chi connectivity index (χ1v) is 15.3. The number of alkyl halides is 3. The van der Waals surface area contributed by atoms with Crippen LogP contribution in [0.15, 0.2) is 35.7 Å². The number of ether oxygens (including phenoxy) is 1. The van der Waals surface area contributed by atoms with E-state index >= 15 is 0 Å². The molecule has 0 saturated heterocycles. The molecule has 0 radical (unpaired) electrons. The summed E-state index contributed by atoms with van der Waals surface area (Å²) in [5, 5.41) is 1.33. The van der Waals surface area contributed by atoms with Gasteiger partial charge in [0.15, 0.2) is 0 Å². The summed E-state index contributed by atoms with van der Waals surface area (Å²) in [6.45, 7) is 9.51. The zero-order valence-corrected chi connectivity index (χ0v) is 26.0. The summed E-state index contributed by atoms with van der Waals surface area (Å²) in [5.74, 6) is -2.05. The lowest BCUT2D eigenvalue weighted by Crippen LogP contribution is -2.25. The molecule has 2 N–H and O–H groups in total. The summed E-state index contributed by atoms with van der Waals surface area (Å²) in [5.41, 5.74) is 1.69. The summed E-state index contributed by atoms with van der Waals surface area (Å²) in [6, 6.07) is 4.48. The first kappa shape index (κ1) is 34.6. The van der Waals surface area contributed by atoms with Crippen LogP contribution in [0.5, 0.6) is 5.75 Å². The van der Waals surface area contributed by atoms with Gasteiger partial charge in [-0.1, -0.05) is 0 Å². The fourth-order valence-electron chi connectivity index (χ4n) is 3.96. The van der Waals surface area contributed by atoms with E-state index in [1.54, 1.807) is 41.5 Å². The Morgan fingerprint density at radius 3 is 2.16 bits per heavy atom. The molecule has 1 aromatic heterocycles. The van der Waals surface area contributed by atoms with Crippen LogP contribution in [0, 0.1) is 11.6 Å². The summed E-state index contributed by atoms with van der Waals surface area (Å²) < 4.78 is 105. The molecular weight excluding hydrogens is 618 g/mol. The number of primary amides is 1. The van der Waals surface area contributed by atoms with E-state index in [2.05, 4.69) is 4.98 Å². The number of phosphoric ester groups is 1. The number of hydrogen-bond donors (Lipinski definition) is 1. The Kier molecular flexibility index (Phi) is 10.4. The van der Waals surface area contributed by atoms with E-state index in [1.807, 2.05) is 0 Å². The maximum absolute atomic E-state index is 14.4. The van der Waals surface area contributed by atoms with Crippen molar-refractivity contribution in [3.05, 3.63) is 58.5 Å². The monoisotopic (exact) mass is 650 g/mol. The summed E-state index contributed by atoms with van der Waals surface area (Å²) >= 11 is 0.855. The second kappa shape index (κ2) is 13.0. The lowest BCUT2D eigenvalue weighted by atomic mass is 9.95. The number of aromatic nitrogens is 1. The molecular formula is C28H32F5N2O6PS. The number of phosphoric acid groups is 1. The van der Waals surface area contributed by atoms with Gasteiger partial charge < -0.3 is 10.5 Å². The molecule has 0 aliphatic heterocycles. The van der Waals surface area contributed by atoms with Gasteiger partial charge in [0, 0.05) is 17.0 Å². The van der Waals surface area contributed by atoms with Crippen LogP contribution in [0.1, 0.15) is 59.1 Å². The minimum atomic E-state index is -4.83. The van der Waals surface area contributed by atoms with Gasteiger partial charge in [0.2, 0.25) is 0 Å². The third kappa shape index (κ3) is 9.80. The molecule has 15 heteroatoms. The van der Waals surface area contributed by atoms with E-state index in [9.17, 15) is 31.3 Å². The minimum absolute atomic E-state index is 0.0221. The molecule has 8 nitrogen and oxygen atoms in total. The van der Waals surface area contributed by atoms with Crippen LogP contribution in [-0.4, -0.2) is 28.9 Å². The lowest BCUT2D eigenvalue weighted by molar-refractivity contribution is -0.138. The molecule has 0 spiro atoms. The maximum atomic E-state index is 14.4. The fourth-order valence-corrected chi connectivity index (χ4v) is 6.69. The normalized spacial score (nSPS) is 12.9. The SMILES string of the molecule is CC(C)(C)OP(=O)(OCCCc1c(C(F)(F)F)ccc(OC(N)=O)c1-c1nc(-c2ccc(F)cc2F)cs1)OC(C)(C)C. The molecule has 43 heavy (non-hydrogen) atoms. The average Bonchev–Trinajstić information content (AvgIpc) is 3.27. The topological polar surface area (TPSA) is 110 Å². The Labute approximate surface area is 249 Å². The fraction of sp³-hybridized carbons (Fsp3) is 0.429. The Hall–Kier alpha value is -2.90. The number of benzene rings is 2. The predicted octanol–water partition coefficient (Wildman–Crippen LogP) is 8.92. The third-order valence-electron chi connectivity index (χ3n) is 5.31. The Bertz CT molecular complexity index is 1490. The van der Waals surface area contributed by atoms with Gasteiger partial charge in [0.05, 0.1) is 34.6 Å². The number of nitrogens with zero attached hydrogens (tertiary/aromatic N) is 1. The molecule has 3 aromatic rings. The second-order valence-corrected chi connectivity index (χ2v) is 13.7.